The van der Waals surface area contributed by atoms with Gasteiger partial charge in [-0.2, -0.15) is 0 Å². The molecule has 1 aromatic carbocycles. The molecule has 0 amide bonds. The van der Waals surface area contributed by atoms with E-state index in [9.17, 15) is 4.39 Å². The Morgan fingerprint density at radius 2 is 2.35 bits per heavy atom. The Balaban J connectivity index is 2.00. The highest BCUT2D eigenvalue weighted by Gasteiger charge is 2.17. The standard InChI is InChI=1S/C13H17BrFNO/c1-17-13-5-4-10(7-12(13)15)8-16-6-2-3-11(14)9-16/h4-5,7,11H,2-3,6,8-9H2,1H3. The molecule has 0 bridgehead atoms. The van der Waals surface area contributed by atoms with Gasteiger partial charge >= 0.3 is 0 Å². The second-order valence-corrected chi connectivity index (χ2v) is 5.74. The first-order chi connectivity index (χ1) is 8.19. The topological polar surface area (TPSA) is 12.5 Å². The van der Waals surface area contributed by atoms with Gasteiger partial charge in [0.1, 0.15) is 0 Å². The van der Waals surface area contributed by atoms with E-state index in [4.69, 9.17) is 4.74 Å². The molecule has 0 aromatic heterocycles. The van der Waals surface area contributed by atoms with Crippen molar-refractivity contribution in [3.63, 3.8) is 0 Å². The third-order valence-electron chi connectivity index (χ3n) is 3.07. The third-order valence-corrected chi connectivity index (χ3v) is 3.82. The molecule has 1 heterocycles. The van der Waals surface area contributed by atoms with Crippen LogP contribution in [0.2, 0.25) is 0 Å². The summed E-state index contributed by atoms with van der Waals surface area (Å²) in [7, 11) is 1.48. The molecule has 1 saturated heterocycles. The van der Waals surface area contributed by atoms with Gasteiger partial charge in [0.05, 0.1) is 7.11 Å². The SMILES string of the molecule is COc1ccc(CN2CCCC(Br)C2)cc1F. The number of nitrogens with zero attached hydrogens (tertiary/aromatic N) is 1. The van der Waals surface area contributed by atoms with Crippen LogP contribution in [0.5, 0.6) is 5.75 Å². The molecule has 94 valence electrons. The Kier molecular flexibility index (Phi) is 4.40. The summed E-state index contributed by atoms with van der Waals surface area (Å²) >= 11 is 3.64. The largest absolute Gasteiger partial charge is 0.494 e. The van der Waals surface area contributed by atoms with Gasteiger partial charge in [-0.3, -0.25) is 4.90 Å². The predicted molar refractivity (Wildman–Crippen MR) is 70.2 cm³/mol. The fraction of sp³-hybridized carbons (Fsp3) is 0.538. The second kappa shape index (κ2) is 5.83. The predicted octanol–water partition coefficient (Wildman–Crippen LogP) is 3.19. The molecule has 2 nitrogen and oxygen atoms in total. The number of likely N-dealkylation sites (tertiary alicyclic amines) is 1. The lowest BCUT2D eigenvalue weighted by Crippen LogP contribution is -2.35. The lowest BCUT2D eigenvalue weighted by atomic mass is 10.1. The van der Waals surface area contributed by atoms with Gasteiger partial charge in [0, 0.05) is 17.9 Å². The van der Waals surface area contributed by atoms with Gasteiger partial charge in [-0.05, 0) is 37.1 Å². The summed E-state index contributed by atoms with van der Waals surface area (Å²) in [6.45, 7) is 2.94. The van der Waals surface area contributed by atoms with Crippen molar-refractivity contribution in [2.24, 2.45) is 0 Å². The van der Waals surface area contributed by atoms with E-state index in [0.717, 1.165) is 25.2 Å². The van der Waals surface area contributed by atoms with E-state index in [1.807, 2.05) is 6.07 Å². The van der Waals surface area contributed by atoms with Crippen LogP contribution in [-0.4, -0.2) is 29.9 Å². The Bertz CT molecular complexity index is 386. The van der Waals surface area contributed by atoms with Crippen LogP contribution in [0.15, 0.2) is 18.2 Å². The number of piperidine rings is 1. The van der Waals surface area contributed by atoms with Crippen molar-refractivity contribution < 1.29 is 9.13 Å². The van der Waals surface area contributed by atoms with Crippen LogP contribution < -0.4 is 4.74 Å². The molecule has 1 unspecified atom stereocenters. The zero-order chi connectivity index (χ0) is 12.3. The minimum Gasteiger partial charge on any atom is -0.494 e. The maximum atomic E-state index is 13.5. The summed E-state index contributed by atoms with van der Waals surface area (Å²) in [6.07, 6.45) is 2.43. The highest BCUT2D eigenvalue weighted by molar-refractivity contribution is 9.09. The molecule has 17 heavy (non-hydrogen) atoms. The van der Waals surface area contributed by atoms with E-state index in [1.54, 1.807) is 12.1 Å². The van der Waals surface area contributed by atoms with Crippen molar-refractivity contribution in [3.05, 3.63) is 29.6 Å². The summed E-state index contributed by atoms with van der Waals surface area (Å²) in [5.41, 5.74) is 1.00. The van der Waals surface area contributed by atoms with Gasteiger partial charge in [0.15, 0.2) is 11.6 Å². The Morgan fingerprint density at radius 1 is 1.53 bits per heavy atom. The van der Waals surface area contributed by atoms with E-state index in [0.29, 0.717) is 10.6 Å². The molecule has 1 aliphatic rings. The van der Waals surface area contributed by atoms with Gasteiger partial charge in [-0.15, -0.1) is 0 Å². The Hall–Kier alpha value is -0.610. The Labute approximate surface area is 110 Å². The summed E-state index contributed by atoms with van der Waals surface area (Å²) in [5.74, 6) is 0.0307. The lowest BCUT2D eigenvalue weighted by molar-refractivity contribution is 0.227. The molecule has 1 fully saturated rings. The molecular formula is C13H17BrFNO. The zero-order valence-corrected chi connectivity index (χ0v) is 11.5. The molecule has 1 aromatic rings. The first-order valence-electron chi connectivity index (χ1n) is 5.88. The molecule has 0 spiro atoms. The molecule has 0 N–H and O–H groups in total. The molecule has 0 saturated carbocycles. The number of alkyl halides is 1. The van der Waals surface area contributed by atoms with Crippen molar-refractivity contribution in [2.75, 3.05) is 20.2 Å². The number of hydrogen-bond donors (Lipinski definition) is 0. The normalized spacial score (nSPS) is 21.5. The highest BCUT2D eigenvalue weighted by atomic mass is 79.9. The molecule has 2 rings (SSSR count). The van der Waals surface area contributed by atoms with Crippen molar-refractivity contribution in [1.82, 2.24) is 4.90 Å². The number of methoxy groups -OCH3 is 1. The van der Waals surface area contributed by atoms with Crippen molar-refractivity contribution in [3.8, 4) is 5.75 Å². The van der Waals surface area contributed by atoms with Crippen molar-refractivity contribution >= 4 is 15.9 Å². The minimum absolute atomic E-state index is 0.280. The molecular weight excluding hydrogens is 285 g/mol. The first-order valence-corrected chi connectivity index (χ1v) is 6.79. The van der Waals surface area contributed by atoms with Crippen LogP contribution in [0.25, 0.3) is 0 Å². The zero-order valence-electron chi connectivity index (χ0n) is 9.96. The van der Waals surface area contributed by atoms with Gasteiger partial charge in [0.2, 0.25) is 0 Å². The fourth-order valence-corrected chi connectivity index (χ4v) is 2.94. The minimum atomic E-state index is -0.280. The van der Waals surface area contributed by atoms with Crippen LogP contribution in [0.4, 0.5) is 4.39 Å². The van der Waals surface area contributed by atoms with Crippen LogP contribution in [0.3, 0.4) is 0 Å². The van der Waals surface area contributed by atoms with Crippen LogP contribution in [-0.2, 0) is 6.54 Å². The van der Waals surface area contributed by atoms with E-state index in [2.05, 4.69) is 20.8 Å². The molecule has 1 aliphatic heterocycles. The first kappa shape index (κ1) is 12.8. The number of benzene rings is 1. The van der Waals surface area contributed by atoms with E-state index in [1.165, 1.54) is 20.0 Å². The monoisotopic (exact) mass is 301 g/mol. The van der Waals surface area contributed by atoms with Crippen LogP contribution in [0.1, 0.15) is 18.4 Å². The number of halogens is 2. The summed E-state index contributed by atoms with van der Waals surface area (Å²) in [4.78, 5) is 2.92. The van der Waals surface area contributed by atoms with E-state index >= 15 is 0 Å². The number of ether oxygens (including phenoxy) is 1. The van der Waals surface area contributed by atoms with Gasteiger partial charge in [-0.1, -0.05) is 22.0 Å². The smallest absolute Gasteiger partial charge is 0.165 e. The summed E-state index contributed by atoms with van der Waals surface area (Å²) in [5, 5.41) is 0. The van der Waals surface area contributed by atoms with Gasteiger partial charge in [0.25, 0.3) is 0 Å². The average molecular weight is 302 g/mol. The van der Waals surface area contributed by atoms with Crippen molar-refractivity contribution in [1.29, 1.82) is 0 Å². The third kappa shape index (κ3) is 3.42. The van der Waals surface area contributed by atoms with E-state index in [-0.39, 0.29) is 5.82 Å². The Morgan fingerprint density at radius 3 is 3.00 bits per heavy atom. The quantitative estimate of drug-likeness (QED) is 0.795. The highest BCUT2D eigenvalue weighted by Crippen LogP contribution is 2.21. The maximum Gasteiger partial charge on any atom is 0.165 e. The summed E-state index contributed by atoms with van der Waals surface area (Å²) < 4.78 is 18.4. The fourth-order valence-electron chi connectivity index (χ4n) is 2.21. The summed E-state index contributed by atoms with van der Waals surface area (Å²) in [6, 6.07) is 5.19. The second-order valence-electron chi connectivity index (χ2n) is 4.44. The van der Waals surface area contributed by atoms with E-state index < -0.39 is 0 Å². The molecule has 1 atom stereocenters. The van der Waals surface area contributed by atoms with Gasteiger partial charge < -0.3 is 4.74 Å². The number of hydrogen-bond acceptors (Lipinski definition) is 2. The van der Waals surface area contributed by atoms with Crippen LogP contribution >= 0.6 is 15.9 Å². The molecule has 0 radical (unpaired) electrons. The lowest BCUT2D eigenvalue weighted by Gasteiger charge is -2.29. The maximum absolute atomic E-state index is 13.5. The average Bonchev–Trinajstić information content (AvgIpc) is 2.29. The molecule has 0 aliphatic carbocycles. The van der Waals surface area contributed by atoms with Crippen LogP contribution in [0, 0.1) is 5.82 Å². The van der Waals surface area contributed by atoms with Crippen molar-refractivity contribution in [2.45, 2.75) is 24.2 Å². The number of rotatable bonds is 3. The molecule has 4 heteroatoms. The van der Waals surface area contributed by atoms with Gasteiger partial charge in [-0.25, -0.2) is 4.39 Å².